The first-order valence-electron chi connectivity index (χ1n) is 4.22. The first kappa shape index (κ1) is 11.4. The normalized spacial score (nSPS) is 11.4. The molecule has 1 rings (SSSR count). The molecule has 1 heterocycles. The number of rotatable bonds is 4. The highest BCUT2D eigenvalue weighted by molar-refractivity contribution is 9.10. The van der Waals surface area contributed by atoms with Gasteiger partial charge in [0.05, 0.1) is 18.8 Å². The smallest absolute Gasteiger partial charge is 0.127 e. The van der Waals surface area contributed by atoms with Crippen molar-refractivity contribution in [2.45, 2.75) is 12.5 Å². The molecule has 0 spiro atoms. The van der Waals surface area contributed by atoms with E-state index in [0.29, 0.717) is 10.4 Å². The van der Waals surface area contributed by atoms with Gasteiger partial charge in [0.1, 0.15) is 10.4 Å². The topological polar surface area (TPSA) is 65.4 Å². The van der Waals surface area contributed by atoms with Crippen LogP contribution in [-0.2, 0) is 0 Å². The van der Waals surface area contributed by atoms with E-state index in [1.165, 1.54) is 0 Å². The maximum Gasteiger partial charge on any atom is 0.127 e. The minimum absolute atomic E-state index is 0.155. The van der Waals surface area contributed by atoms with E-state index < -0.39 is 5.54 Å². The van der Waals surface area contributed by atoms with E-state index in [1.54, 1.807) is 19.1 Å². The number of pyridine rings is 1. The van der Waals surface area contributed by atoms with Crippen molar-refractivity contribution in [3.63, 3.8) is 0 Å². The molecule has 14 heavy (non-hydrogen) atoms. The molecule has 0 unspecified atom stereocenters. The highest BCUT2D eigenvalue weighted by Crippen LogP contribution is 2.15. The summed E-state index contributed by atoms with van der Waals surface area (Å²) in [4.78, 5) is 4.14. The number of aromatic nitrogens is 1. The molecule has 4 nitrogen and oxygen atoms in total. The molecule has 5 heteroatoms. The number of halogens is 1. The predicted octanol–water partition coefficient (Wildman–Crippen LogP) is 0.999. The average Bonchev–Trinajstić information content (AvgIpc) is 2.18. The molecule has 0 bridgehead atoms. The van der Waals surface area contributed by atoms with Crippen LogP contribution in [0.5, 0.6) is 0 Å². The minimum Gasteiger partial charge on any atom is -0.394 e. The van der Waals surface area contributed by atoms with Gasteiger partial charge in [-0.2, -0.15) is 0 Å². The van der Waals surface area contributed by atoms with Crippen molar-refractivity contribution in [2.24, 2.45) is 0 Å². The number of hydrogen-bond donors (Lipinski definition) is 3. The van der Waals surface area contributed by atoms with E-state index in [4.69, 9.17) is 10.2 Å². The van der Waals surface area contributed by atoms with Gasteiger partial charge in [-0.15, -0.1) is 0 Å². The lowest BCUT2D eigenvalue weighted by molar-refractivity contribution is 0.147. The monoisotopic (exact) mass is 260 g/mol. The molecular weight excluding hydrogens is 248 g/mol. The van der Waals surface area contributed by atoms with Gasteiger partial charge in [-0.25, -0.2) is 4.98 Å². The van der Waals surface area contributed by atoms with Crippen molar-refractivity contribution in [2.75, 3.05) is 18.5 Å². The molecule has 1 aromatic rings. The fraction of sp³-hybridized carbons (Fsp3) is 0.444. The zero-order chi connectivity index (χ0) is 10.6. The van der Waals surface area contributed by atoms with E-state index in [2.05, 4.69) is 26.2 Å². The Morgan fingerprint density at radius 1 is 1.43 bits per heavy atom. The van der Waals surface area contributed by atoms with E-state index in [-0.39, 0.29) is 13.2 Å². The molecule has 0 aromatic carbocycles. The summed E-state index contributed by atoms with van der Waals surface area (Å²) in [6, 6.07) is 5.41. The van der Waals surface area contributed by atoms with Crippen LogP contribution in [0.4, 0.5) is 5.82 Å². The van der Waals surface area contributed by atoms with E-state index in [0.717, 1.165) is 0 Å². The second kappa shape index (κ2) is 4.72. The summed E-state index contributed by atoms with van der Waals surface area (Å²) in [5.74, 6) is 0.616. The molecule has 0 fully saturated rings. The number of aliphatic hydroxyl groups is 2. The largest absolute Gasteiger partial charge is 0.394 e. The Morgan fingerprint density at radius 3 is 2.57 bits per heavy atom. The maximum atomic E-state index is 9.05. The maximum absolute atomic E-state index is 9.05. The first-order chi connectivity index (χ1) is 6.59. The van der Waals surface area contributed by atoms with Crippen LogP contribution in [0, 0.1) is 0 Å². The Bertz CT molecular complexity index is 303. The van der Waals surface area contributed by atoms with Crippen molar-refractivity contribution >= 4 is 21.7 Å². The highest BCUT2D eigenvalue weighted by atomic mass is 79.9. The van der Waals surface area contributed by atoms with Gasteiger partial charge in [-0.05, 0) is 35.0 Å². The van der Waals surface area contributed by atoms with Crippen LogP contribution in [0.15, 0.2) is 22.8 Å². The quantitative estimate of drug-likeness (QED) is 0.707. The second-order valence-corrected chi connectivity index (χ2v) is 4.16. The summed E-state index contributed by atoms with van der Waals surface area (Å²) in [5, 5.41) is 21.1. The van der Waals surface area contributed by atoms with Crippen molar-refractivity contribution in [1.29, 1.82) is 0 Å². The third-order valence-corrected chi connectivity index (χ3v) is 2.28. The Kier molecular flexibility index (Phi) is 3.86. The van der Waals surface area contributed by atoms with Crippen LogP contribution in [0.3, 0.4) is 0 Å². The fourth-order valence-electron chi connectivity index (χ4n) is 0.916. The van der Waals surface area contributed by atoms with Crippen molar-refractivity contribution in [1.82, 2.24) is 4.98 Å². The fourth-order valence-corrected chi connectivity index (χ4v) is 1.26. The SMILES string of the molecule is CC(CO)(CO)Nc1cccc(Br)n1. The third-order valence-electron chi connectivity index (χ3n) is 1.84. The summed E-state index contributed by atoms with van der Waals surface area (Å²) < 4.78 is 0.709. The van der Waals surface area contributed by atoms with Crippen molar-refractivity contribution in [3.8, 4) is 0 Å². The molecule has 0 amide bonds. The minimum atomic E-state index is -0.742. The van der Waals surface area contributed by atoms with Gasteiger partial charge in [-0.1, -0.05) is 6.07 Å². The van der Waals surface area contributed by atoms with Gasteiger partial charge in [0.2, 0.25) is 0 Å². The van der Waals surface area contributed by atoms with Gasteiger partial charge < -0.3 is 15.5 Å². The Labute approximate surface area is 91.1 Å². The predicted molar refractivity (Wildman–Crippen MR) is 58.1 cm³/mol. The summed E-state index contributed by atoms with van der Waals surface area (Å²) >= 11 is 3.24. The number of nitrogens with one attached hydrogen (secondary N) is 1. The van der Waals surface area contributed by atoms with Gasteiger partial charge in [0, 0.05) is 0 Å². The highest BCUT2D eigenvalue weighted by Gasteiger charge is 2.22. The molecule has 0 aliphatic carbocycles. The molecule has 0 atom stereocenters. The van der Waals surface area contributed by atoms with Crippen LogP contribution in [-0.4, -0.2) is 33.9 Å². The average molecular weight is 261 g/mol. The molecule has 3 N–H and O–H groups in total. The van der Waals surface area contributed by atoms with E-state index >= 15 is 0 Å². The van der Waals surface area contributed by atoms with E-state index in [1.807, 2.05) is 6.07 Å². The number of hydrogen-bond acceptors (Lipinski definition) is 4. The van der Waals surface area contributed by atoms with Crippen LogP contribution < -0.4 is 5.32 Å². The summed E-state index contributed by atoms with van der Waals surface area (Å²) in [6.45, 7) is 1.41. The molecule has 1 aromatic heterocycles. The van der Waals surface area contributed by atoms with Gasteiger partial charge in [0.15, 0.2) is 0 Å². The molecular formula is C9H13BrN2O2. The van der Waals surface area contributed by atoms with Gasteiger partial charge >= 0.3 is 0 Å². The van der Waals surface area contributed by atoms with Crippen molar-refractivity contribution in [3.05, 3.63) is 22.8 Å². The van der Waals surface area contributed by atoms with Crippen LogP contribution in [0.25, 0.3) is 0 Å². The lowest BCUT2D eigenvalue weighted by atomic mass is 10.1. The number of anilines is 1. The lowest BCUT2D eigenvalue weighted by Gasteiger charge is -2.26. The molecule has 0 radical (unpaired) electrons. The summed E-state index contributed by atoms with van der Waals surface area (Å²) in [6.07, 6.45) is 0. The van der Waals surface area contributed by atoms with Crippen LogP contribution in [0.2, 0.25) is 0 Å². The standard InChI is InChI=1S/C9H13BrN2O2/c1-9(5-13,6-14)12-8-4-2-3-7(10)11-8/h2-4,13-14H,5-6H2,1H3,(H,11,12). The summed E-state index contributed by atoms with van der Waals surface area (Å²) in [5.41, 5.74) is -0.742. The van der Waals surface area contributed by atoms with Crippen molar-refractivity contribution < 1.29 is 10.2 Å². The summed E-state index contributed by atoms with van der Waals surface area (Å²) in [7, 11) is 0. The van der Waals surface area contributed by atoms with Gasteiger partial charge in [0.25, 0.3) is 0 Å². The molecule has 0 aliphatic rings. The Hall–Kier alpha value is -0.650. The molecule has 0 aliphatic heterocycles. The van der Waals surface area contributed by atoms with Crippen LogP contribution in [0.1, 0.15) is 6.92 Å². The Balaban J connectivity index is 2.77. The molecule has 78 valence electrons. The number of nitrogens with zero attached hydrogens (tertiary/aromatic N) is 1. The van der Waals surface area contributed by atoms with E-state index in [9.17, 15) is 0 Å². The van der Waals surface area contributed by atoms with Gasteiger partial charge in [-0.3, -0.25) is 0 Å². The number of aliphatic hydroxyl groups excluding tert-OH is 2. The molecule has 0 saturated heterocycles. The third kappa shape index (κ3) is 2.94. The lowest BCUT2D eigenvalue weighted by Crippen LogP contribution is -2.42. The zero-order valence-electron chi connectivity index (χ0n) is 7.87. The van der Waals surface area contributed by atoms with Crippen LogP contribution >= 0.6 is 15.9 Å². The first-order valence-corrected chi connectivity index (χ1v) is 5.01. The second-order valence-electron chi connectivity index (χ2n) is 3.35. The molecule has 0 saturated carbocycles. The zero-order valence-corrected chi connectivity index (χ0v) is 9.45. The Morgan fingerprint density at radius 2 is 2.07 bits per heavy atom.